The van der Waals surface area contributed by atoms with Crippen molar-refractivity contribution in [1.82, 2.24) is 4.90 Å². The number of carboxylic acid groups (broad SMARTS) is 1. The van der Waals surface area contributed by atoms with Crippen molar-refractivity contribution in [3.63, 3.8) is 0 Å². The number of piperidine rings is 1. The number of carboxylic acids is 1. The minimum Gasteiger partial charge on any atom is -0.481 e. The summed E-state index contributed by atoms with van der Waals surface area (Å²) in [6.45, 7) is 9.23. The number of carbonyl (C=O) groups is 2. The van der Waals surface area contributed by atoms with Crippen LogP contribution in [0.25, 0.3) is 0 Å². The molecule has 116 valence electrons. The van der Waals surface area contributed by atoms with Crippen LogP contribution in [0.1, 0.15) is 47.0 Å². The Bertz CT molecular complexity index is 354. The van der Waals surface area contributed by atoms with Gasteiger partial charge in [-0.3, -0.25) is 9.59 Å². The lowest BCUT2D eigenvalue weighted by Crippen LogP contribution is -2.46. The third kappa shape index (κ3) is 3.95. The molecule has 1 saturated heterocycles. The summed E-state index contributed by atoms with van der Waals surface area (Å²) in [5, 5.41) is 9.39. The summed E-state index contributed by atoms with van der Waals surface area (Å²) < 4.78 is 5.58. The zero-order chi connectivity index (χ0) is 15.3. The van der Waals surface area contributed by atoms with Gasteiger partial charge in [-0.25, -0.2) is 0 Å². The lowest BCUT2D eigenvalue weighted by molar-refractivity contribution is -0.156. The van der Waals surface area contributed by atoms with Gasteiger partial charge in [0.05, 0.1) is 11.5 Å². The largest absolute Gasteiger partial charge is 0.481 e. The van der Waals surface area contributed by atoms with Crippen LogP contribution in [0.5, 0.6) is 0 Å². The zero-order valence-corrected chi connectivity index (χ0v) is 13.0. The molecule has 0 spiro atoms. The normalized spacial score (nSPS) is 22.6. The van der Waals surface area contributed by atoms with Gasteiger partial charge in [-0.1, -0.05) is 13.8 Å². The molecule has 0 aromatic rings. The SMILES string of the molecule is CCOC1CCCN(C(=O)CC(C)(C(=O)O)C(C)C)C1. The minimum atomic E-state index is -1.00. The summed E-state index contributed by atoms with van der Waals surface area (Å²) in [5.74, 6) is -1.07. The summed E-state index contributed by atoms with van der Waals surface area (Å²) >= 11 is 0. The molecule has 0 bridgehead atoms. The maximum absolute atomic E-state index is 12.4. The molecule has 1 amide bonds. The van der Waals surface area contributed by atoms with Crippen LogP contribution in [0.2, 0.25) is 0 Å². The standard InChI is InChI=1S/C15H27NO4/c1-5-20-12-7-6-8-16(10-12)13(17)9-15(4,11(2)3)14(18)19/h11-12H,5-10H2,1-4H3,(H,18,19). The zero-order valence-electron chi connectivity index (χ0n) is 13.0. The number of likely N-dealkylation sites (tertiary alicyclic amines) is 1. The van der Waals surface area contributed by atoms with Crippen molar-refractivity contribution in [1.29, 1.82) is 0 Å². The maximum atomic E-state index is 12.4. The number of ether oxygens (including phenoxy) is 1. The number of carbonyl (C=O) groups excluding carboxylic acids is 1. The van der Waals surface area contributed by atoms with Crippen LogP contribution in [0.4, 0.5) is 0 Å². The topological polar surface area (TPSA) is 66.8 Å². The van der Waals surface area contributed by atoms with Crippen LogP contribution >= 0.6 is 0 Å². The quantitative estimate of drug-likeness (QED) is 0.812. The van der Waals surface area contributed by atoms with Gasteiger partial charge in [0.25, 0.3) is 0 Å². The first-order valence-electron chi connectivity index (χ1n) is 7.44. The van der Waals surface area contributed by atoms with E-state index in [2.05, 4.69) is 0 Å². The molecule has 0 radical (unpaired) electrons. The monoisotopic (exact) mass is 285 g/mol. The van der Waals surface area contributed by atoms with Crippen molar-refractivity contribution >= 4 is 11.9 Å². The first-order valence-corrected chi connectivity index (χ1v) is 7.44. The molecule has 1 aliphatic heterocycles. The highest BCUT2D eigenvalue weighted by Gasteiger charge is 2.40. The summed E-state index contributed by atoms with van der Waals surface area (Å²) in [4.78, 5) is 25.6. The smallest absolute Gasteiger partial charge is 0.310 e. The van der Waals surface area contributed by atoms with E-state index in [-0.39, 0.29) is 24.3 Å². The van der Waals surface area contributed by atoms with E-state index in [4.69, 9.17) is 4.74 Å². The Kier molecular flexibility index (Phi) is 5.99. The highest BCUT2D eigenvalue weighted by Crippen LogP contribution is 2.32. The Balaban J connectivity index is 2.67. The third-order valence-corrected chi connectivity index (χ3v) is 4.41. The van der Waals surface area contributed by atoms with Gasteiger partial charge in [0.1, 0.15) is 0 Å². The highest BCUT2D eigenvalue weighted by molar-refractivity contribution is 5.85. The van der Waals surface area contributed by atoms with E-state index in [1.54, 1.807) is 11.8 Å². The van der Waals surface area contributed by atoms with Crippen molar-refractivity contribution in [2.45, 2.75) is 53.1 Å². The Morgan fingerprint density at radius 1 is 1.45 bits per heavy atom. The second-order valence-corrected chi connectivity index (χ2v) is 6.11. The van der Waals surface area contributed by atoms with Crippen molar-refractivity contribution in [2.75, 3.05) is 19.7 Å². The van der Waals surface area contributed by atoms with E-state index in [0.717, 1.165) is 12.8 Å². The van der Waals surface area contributed by atoms with Gasteiger partial charge in [-0.05, 0) is 32.6 Å². The number of nitrogens with zero attached hydrogens (tertiary/aromatic N) is 1. The fourth-order valence-corrected chi connectivity index (χ4v) is 2.49. The molecule has 5 heteroatoms. The molecule has 1 N–H and O–H groups in total. The molecule has 1 rings (SSSR count). The van der Waals surface area contributed by atoms with Gasteiger partial charge in [-0.2, -0.15) is 0 Å². The van der Waals surface area contributed by atoms with Gasteiger partial charge in [-0.15, -0.1) is 0 Å². The number of hydrogen-bond acceptors (Lipinski definition) is 3. The molecule has 1 aliphatic rings. The summed E-state index contributed by atoms with van der Waals surface area (Å²) in [6.07, 6.45) is 2.03. The molecule has 20 heavy (non-hydrogen) atoms. The molecule has 2 unspecified atom stereocenters. The van der Waals surface area contributed by atoms with E-state index in [1.807, 2.05) is 20.8 Å². The van der Waals surface area contributed by atoms with Crippen molar-refractivity contribution < 1.29 is 19.4 Å². The van der Waals surface area contributed by atoms with Crippen molar-refractivity contribution in [2.24, 2.45) is 11.3 Å². The summed E-state index contributed by atoms with van der Waals surface area (Å²) in [5.41, 5.74) is -1.00. The predicted octanol–water partition coefficient (Wildman–Crippen LogP) is 2.15. The minimum absolute atomic E-state index is 0.0544. The molecule has 0 aliphatic carbocycles. The highest BCUT2D eigenvalue weighted by atomic mass is 16.5. The molecule has 0 aromatic heterocycles. The molecular formula is C15H27NO4. The van der Waals surface area contributed by atoms with E-state index < -0.39 is 11.4 Å². The molecule has 1 fully saturated rings. The van der Waals surface area contributed by atoms with E-state index in [9.17, 15) is 14.7 Å². The van der Waals surface area contributed by atoms with E-state index >= 15 is 0 Å². The van der Waals surface area contributed by atoms with Crippen LogP contribution in [0, 0.1) is 11.3 Å². The summed E-state index contributed by atoms with van der Waals surface area (Å²) in [6, 6.07) is 0. The number of amides is 1. The van der Waals surface area contributed by atoms with Gasteiger partial charge in [0.15, 0.2) is 0 Å². The lowest BCUT2D eigenvalue weighted by Gasteiger charge is -2.36. The van der Waals surface area contributed by atoms with Crippen molar-refractivity contribution in [3.05, 3.63) is 0 Å². The first kappa shape index (κ1) is 17.0. The van der Waals surface area contributed by atoms with Crippen LogP contribution in [-0.2, 0) is 14.3 Å². The van der Waals surface area contributed by atoms with Gasteiger partial charge in [0.2, 0.25) is 5.91 Å². The maximum Gasteiger partial charge on any atom is 0.310 e. The van der Waals surface area contributed by atoms with Gasteiger partial charge in [0, 0.05) is 26.1 Å². The third-order valence-electron chi connectivity index (χ3n) is 4.41. The number of rotatable bonds is 6. The second kappa shape index (κ2) is 7.07. The Labute approximate surface area is 121 Å². The Morgan fingerprint density at radius 2 is 2.10 bits per heavy atom. The van der Waals surface area contributed by atoms with Crippen LogP contribution in [0.15, 0.2) is 0 Å². The van der Waals surface area contributed by atoms with Crippen LogP contribution in [0.3, 0.4) is 0 Å². The fraction of sp³-hybridized carbons (Fsp3) is 0.867. The molecule has 2 atom stereocenters. The molecule has 5 nitrogen and oxygen atoms in total. The predicted molar refractivity (Wildman–Crippen MR) is 76.4 cm³/mol. The van der Waals surface area contributed by atoms with Crippen LogP contribution < -0.4 is 0 Å². The molecule has 0 saturated carbocycles. The second-order valence-electron chi connectivity index (χ2n) is 6.11. The summed E-state index contributed by atoms with van der Waals surface area (Å²) in [7, 11) is 0. The molecule has 1 heterocycles. The molecular weight excluding hydrogens is 258 g/mol. The number of hydrogen-bond donors (Lipinski definition) is 1. The Morgan fingerprint density at radius 3 is 2.60 bits per heavy atom. The van der Waals surface area contributed by atoms with Gasteiger partial charge >= 0.3 is 5.97 Å². The van der Waals surface area contributed by atoms with E-state index in [0.29, 0.717) is 19.7 Å². The van der Waals surface area contributed by atoms with Crippen LogP contribution in [-0.4, -0.2) is 47.7 Å². The van der Waals surface area contributed by atoms with Crippen molar-refractivity contribution in [3.8, 4) is 0 Å². The average molecular weight is 285 g/mol. The van der Waals surface area contributed by atoms with E-state index in [1.165, 1.54) is 0 Å². The number of aliphatic carboxylic acids is 1. The molecule has 0 aromatic carbocycles. The average Bonchev–Trinajstić information content (AvgIpc) is 2.38. The van der Waals surface area contributed by atoms with Gasteiger partial charge < -0.3 is 14.7 Å². The Hall–Kier alpha value is -1.10. The lowest BCUT2D eigenvalue weighted by atomic mass is 9.76. The fourth-order valence-electron chi connectivity index (χ4n) is 2.49. The first-order chi connectivity index (χ1) is 9.31.